The van der Waals surface area contributed by atoms with Crippen LogP contribution in [0.3, 0.4) is 0 Å². The van der Waals surface area contributed by atoms with Crippen LogP contribution in [-0.4, -0.2) is 11.3 Å². The maximum Gasteiger partial charge on any atom is 0.298 e. The van der Waals surface area contributed by atoms with E-state index in [4.69, 9.17) is 0 Å². The molecule has 0 atom stereocenters. The zero-order valence-corrected chi connectivity index (χ0v) is 6.06. The molecule has 9 heavy (non-hydrogen) atoms. The first kappa shape index (κ1) is 6.61. The number of rotatable bonds is 0. The molecule has 0 radical (unpaired) electrons. The number of allylic oxidation sites excluding steroid dienone is 2. The van der Waals surface area contributed by atoms with Gasteiger partial charge < -0.3 is 0 Å². The topological polar surface area (TPSA) is 20.1 Å². The first-order valence-corrected chi connectivity index (χ1v) is 3.16. The third kappa shape index (κ3) is 1.45. The molecule has 0 amide bonds. The lowest BCUT2D eigenvalue weighted by atomic mass is 10.4. The maximum atomic E-state index is 12.2. The van der Waals surface area contributed by atoms with Gasteiger partial charge in [-0.2, -0.15) is 0 Å². The Morgan fingerprint density at radius 1 is 1.67 bits per heavy atom. The molecule has 0 N–H and O–H groups in total. The predicted octanol–water partition coefficient (Wildman–Crippen LogP) is 1.87. The van der Waals surface area contributed by atoms with E-state index in [1.54, 1.807) is 0 Å². The first-order chi connectivity index (χ1) is 4.20. The van der Waals surface area contributed by atoms with Crippen molar-refractivity contribution in [1.82, 2.24) is 0 Å². The number of halogens is 2. The van der Waals surface area contributed by atoms with Crippen LogP contribution < -0.4 is 0 Å². The normalized spacial score (nSPS) is 19.1. The van der Waals surface area contributed by atoms with Gasteiger partial charge in [0.05, 0.1) is 4.76 Å². The lowest BCUT2D eigenvalue weighted by Gasteiger charge is -1.92. The van der Waals surface area contributed by atoms with E-state index in [1.165, 1.54) is 12.2 Å². The highest BCUT2D eigenvalue weighted by atomic mass is 79.9. The van der Waals surface area contributed by atoms with Crippen molar-refractivity contribution in [3.05, 3.63) is 27.5 Å². The fourth-order valence-electron chi connectivity index (χ4n) is 0.508. The lowest BCUT2D eigenvalue weighted by molar-refractivity contribution is -0.480. The smallest absolute Gasteiger partial charge is 0.205 e. The van der Waals surface area contributed by atoms with E-state index in [-0.39, 0.29) is 6.54 Å². The summed E-state index contributed by atoms with van der Waals surface area (Å²) in [5.41, 5.74) is 0. The van der Waals surface area contributed by atoms with Crippen molar-refractivity contribution in [2.24, 2.45) is 0 Å². The standard InChI is InChI=1S/C5H4BrFNO/c6-5-2-1-4(7)3-8(5)9/h1-2H,3H2/q+1. The Hall–Kier alpha value is -0.510. The van der Waals surface area contributed by atoms with Crippen LogP contribution in [0.4, 0.5) is 4.39 Å². The summed E-state index contributed by atoms with van der Waals surface area (Å²) < 4.78 is 13.1. The van der Waals surface area contributed by atoms with Gasteiger partial charge in [0.2, 0.25) is 0 Å². The van der Waals surface area contributed by atoms with E-state index >= 15 is 0 Å². The van der Waals surface area contributed by atoms with Gasteiger partial charge in [0.1, 0.15) is 0 Å². The molecule has 1 aliphatic heterocycles. The summed E-state index contributed by atoms with van der Waals surface area (Å²) in [4.78, 5) is 10.5. The summed E-state index contributed by atoms with van der Waals surface area (Å²) in [6, 6.07) is 0. The number of hydrogen-bond donors (Lipinski definition) is 0. The summed E-state index contributed by atoms with van der Waals surface area (Å²) in [5.74, 6) is -0.409. The SMILES string of the molecule is O=[N+]1CC(F)=CC=C1Br. The number of hydrogen-bond acceptors (Lipinski definition) is 1. The van der Waals surface area contributed by atoms with Crippen LogP contribution >= 0.6 is 15.9 Å². The molecular weight excluding hydrogens is 189 g/mol. The van der Waals surface area contributed by atoms with Crippen LogP contribution in [0, 0.1) is 4.91 Å². The largest absolute Gasteiger partial charge is 0.298 e. The zero-order chi connectivity index (χ0) is 6.85. The highest BCUT2D eigenvalue weighted by Gasteiger charge is 2.19. The molecule has 0 unspecified atom stereocenters. The quantitative estimate of drug-likeness (QED) is 0.424. The molecule has 1 aliphatic rings. The Labute approximate surface area is 59.8 Å². The molecule has 0 fully saturated rings. The fraction of sp³-hybridized carbons (Fsp3) is 0.200. The van der Waals surface area contributed by atoms with E-state index in [0.717, 1.165) is 0 Å². The van der Waals surface area contributed by atoms with E-state index in [9.17, 15) is 9.30 Å². The lowest BCUT2D eigenvalue weighted by Crippen LogP contribution is -2.08. The summed E-state index contributed by atoms with van der Waals surface area (Å²) in [6.07, 6.45) is 2.64. The molecule has 1 rings (SSSR count). The Morgan fingerprint density at radius 3 is 2.78 bits per heavy atom. The molecule has 1 heterocycles. The van der Waals surface area contributed by atoms with Crippen LogP contribution in [-0.2, 0) is 0 Å². The Morgan fingerprint density at radius 2 is 2.33 bits per heavy atom. The highest BCUT2D eigenvalue weighted by molar-refractivity contribution is 9.11. The molecular formula is C5H4BrFNO+. The first-order valence-electron chi connectivity index (χ1n) is 2.36. The van der Waals surface area contributed by atoms with E-state index in [0.29, 0.717) is 9.37 Å². The van der Waals surface area contributed by atoms with Gasteiger partial charge in [-0.15, -0.1) is 0 Å². The monoisotopic (exact) mass is 192 g/mol. The van der Waals surface area contributed by atoms with Crippen molar-refractivity contribution in [3.63, 3.8) is 0 Å². The van der Waals surface area contributed by atoms with Gasteiger partial charge in [0.15, 0.2) is 5.83 Å². The summed E-state index contributed by atoms with van der Waals surface area (Å²) >= 11 is 2.94. The molecule has 0 saturated carbocycles. The Balaban J connectivity index is 2.86. The van der Waals surface area contributed by atoms with Gasteiger partial charge in [0.25, 0.3) is 11.2 Å². The van der Waals surface area contributed by atoms with Crippen molar-refractivity contribution in [3.8, 4) is 0 Å². The minimum atomic E-state index is -0.409. The van der Waals surface area contributed by atoms with E-state index in [1.807, 2.05) is 0 Å². The average Bonchev–Trinajstić information content (AvgIpc) is 1.80. The summed E-state index contributed by atoms with van der Waals surface area (Å²) in [7, 11) is 0. The van der Waals surface area contributed by atoms with Crippen LogP contribution in [0.2, 0.25) is 0 Å². The molecule has 0 aromatic carbocycles. The van der Waals surface area contributed by atoms with E-state index < -0.39 is 5.83 Å². The zero-order valence-electron chi connectivity index (χ0n) is 4.47. The molecule has 2 nitrogen and oxygen atoms in total. The van der Waals surface area contributed by atoms with Crippen LogP contribution in [0.1, 0.15) is 0 Å². The fourth-order valence-corrected chi connectivity index (χ4v) is 0.765. The second-order valence-electron chi connectivity index (χ2n) is 1.64. The molecule has 0 aliphatic carbocycles. The number of nitrogens with zero attached hydrogens (tertiary/aromatic N) is 1. The maximum absolute atomic E-state index is 12.2. The molecule has 0 bridgehead atoms. The summed E-state index contributed by atoms with van der Waals surface area (Å²) in [6.45, 7) is -0.183. The average molecular weight is 193 g/mol. The molecule has 0 saturated heterocycles. The second-order valence-corrected chi connectivity index (χ2v) is 2.45. The van der Waals surface area contributed by atoms with Gasteiger partial charge in [0, 0.05) is 26.9 Å². The van der Waals surface area contributed by atoms with Crippen molar-refractivity contribution in [2.75, 3.05) is 6.54 Å². The molecule has 4 heteroatoms. The Bertz CT molecular complexity index is 209. The Kier molecular flexibility index (Phi) is 1.75. The molecule has 48 valence electrons. The van der Waals surface area contributed by atoms with Crippen molar-refractivity contribution in [2.45, 2.75) is 0 Å². The van der Waals surface area contributed by atoms with Crippen LogP contribution in [0.5, 0.6) is 0 Å². The molecule has 0 spiro atoms. The third-order valence-corrected chi connectivity index (χ3v) is 1.59. The van der Waals surface area contributed by atoms with Gasteiger partial charge in [-0.25, -0.2) is 4.39 Å². The van der Waals surface area contributed by atoms with Crippen molar-refractivity contribution >= 4 is 15.9 Å². The minimum Gasteiger partial charge on any atom is -0.205 e. The van der Waals surface area contributed by atoms with Crippen molar-refractivity contribution < 1.29 is 9.15 Å². The summed E-state index contributed by atoms with van der Waals surface area (Å²) in [5, 5.41) is 0. The minimum absolute atomic E-state index is 0.183. The third-order valence-electron chi connectivity index (χ3n) is 0.935. The van der Waals surface area contributed by atoms with Gasteiger partial charge >= 0.3 is 0 Å². The van der Waals surface area contributed by atoms with Gasteiger partial charge in [-0.05, 0) is 6.08 Å². The highest BCUT2D eigenvalue weighted by Crippen LogP contribution is 2.14. The van der Waals surface area contributed by atoms with Gasteiger partial charge in [-0.1, -0.05) is 0 Å². The molecule has 0 aromatic rings. The van der Waals surface area contributed by atoms with Crippen LogP contribution in [0.15, 0.2) is 22.6 Å². The van der Waals surface area contributed by atoms with Crippen LogP contribution in [0.25, 0.3) is 0 Å². The molecule has 0 aromatic heterocycles. The number of nitroso groups, excluding NO2 is 1. The predicted molar refractivity (Wildman–Crippen MR) is 34.7 cm³/mol. The van der Waals surface area contributed by atoms with Crippen molar-refractivity contribution in [1.29, 1.82) is 0 Å². The van der Waals surface area contributed by atoms with E-state index in [2.05, 4.69) is 15.9 Å². The van der Waals surface area contributed by atoms with Gasteiger partial charge in [-0.3, -0.25) is 0 Å². The second kappa shape index (κ2) is 2.39.